The third kappa shape index (κ3) is 5.55. The van der Waals surface area contributed by atoms with E-state index in [0.717, 1.165) is 21.8 Å². The fourth-order valence-corrected chi connectivity index (χ4v) is 3.65. The maximum absolute atomic E-state index is 12.1. The second kappa shape index (κ2) is 9.06. The van der Waals surface area contributed by atoms with Crippen molar-refractivity contribution in [1.29, 1.82) is 0 Å². The predicted octanol–water partition coefficient (Wildman–Crippen LogP) is 3.83. The molecule has 0 atom stereocenters. The zero-order valence-electron chi connectivity index (χ0n) is 15.1. The Labute approximate surface area is 179 Å². The summed E-state index contributed by atoms with van der Waals surface area (Å²) >= 11 is 4.48. The van der Waals surface area contributed by atoms with Crippen LogP contribution in [-0.2, 0) is 16.2 Å². The van der Waals surface area contributed by atoms with Crippen LogP contribution in [0.5, 0.6) is 5.75 Å². The minimum Gasteiger partial charge on any atom is -0.488 e. The van der Waals surface area contributed by atoms with E-state index < -0.39 is 11.9 Å². The smallest absolute Gasteiger partial charge is 0.335 e. The van der Waals surface area contributed by atoms with Gasteiger partial charge < -0.3 is 15.2 Å². The molecule has 0 aromatic heterocycles. The van der Waals surface area contributed by atoms with Crippen molar-refractivity contribution in [3.8, 4) is 5.75 Å². The quantitative estimate of drug-likeness (QED) is 0.637. The lowest BCUT2D eigenvalue weighted by Crippen LogP contribution is -2.23. The summed E-state index contributed by atoms with van der Waals surface area (Å²) in [7, 11) is 0. The lowest BCUT2D eigenvalue weighted by Gasteiger charge is -2.11. The summed E-state index contributed by atoms with van der Waals surface area (Å²) in [6.07, 6.45) is 1.65. The average Bonchev–Trinajstić information content (AvgIpc) is 2.99. The number of rotatable bonds is 5. The number of aliphatic imine (C=N–C) groups is 1. The van der Waals surface area contributed by atoms with E-state index in [2.05, 4.69) is 26.2 Å². The Balaban J connectivity index is 1.77. The number of hydrogen-bond acceptors (Lipinski definition) is 5. The molecular formula is C20H15BrN2O5S. The first kappa shape index (κ1) is 20.8. The van der Waals surface area contributed by atoms with Gasteiger partial charge in [-0.3, -0.25) is 9.59 Å². The summed E-state index contributed by atoms with van der Waals surface area (Å²) < 4.78 is 6.68. The van der Waals surface area contributed by atoms with Gasteiger partial charge in [0.25, 0.3) is 5.91 Å². The standard InChI is InChI=1S/C20H15BrN2O5S/c1-11(24)22-20-23-18(25)17(29-20)9-14-8-15(21)6-7-16(14)28-10-12-2-4-13(5-3-12)19(26)27/h2-9H,10H2,1H3,(H,26,27)(H,22,23,24,25). The van der Waals surface area contributed by atoms with Crippen molar-refractivity contribution in [3.05, 3.63) is 68.5 Å². The van der Waals surface area contributed by atoms with Gasteiger partial charge in [-0.15, -0.1) is 0 Å². The van der Waals surface area contributed by atoms with E-state index in [-0.39, 0.29) is 23.2 Å². The van der Waals surface area contributed by atoms with Gasteiger partial charge in [-0.2, -0.15) is 4.99 Å². The maximum atomic E-state index is 12.1. The summed E-state index contributed by atoms with van der Waals surface area (Å²) in [4.78, 5) is 38.4. The molecule has 29 heavy (non-hydrogen) atoms. The molecule has 0 saturated heterocycles. The number of carboxylic acids is 1. The number of benzene rings is 2. The monoisotopic (exact) mass is 474 g/mol. The Morgan fingerprint density at radius 3 is 2.62 bits per heavy atom. The summed E-state index contributed by atoms with van der Waals surface area (Å²) in [5, 5.41) is 11.7. The van der Waals surface area contributed by atoms with Crippen LogP contribution in [0.1, 0.15) is 28.4 Å². The minimum absolute atomic E-state index is 0.203. The number of thioether (sulfide) groups is 1. The van der Waals surface area contributed by atoms with E-state index in [0.29, 0.717) is 16.2 Å². The van der Waals surface area contributed by atoms with Crippen molar-refractivity contribution in [3.63, 3.8) is 0 Å². The molecule has 2 aromatic rings. The molecule has 3 rings (SSSR count). The highest BCUT2D eigenvalue weighted by Crippen LogP contribution is 2.32. The molecule has 1 aliphatic heterocycles. The number of halogens is 1. The normalized spacial score (nSPS) is 14.6. The Bertz CT molecular complexity index is 1050. The van der Waals surface area contributed by atoms with E-state index in [4.69, 9.17) is 9.84 Å². The fourth-order valence-electron chi connectivity index (χ4n) is 2.42. The van der Waals surface area contributed by atoms with Crippen molar-refractivity contribution in [2.24, 2.45) is 4.99 Å². The Morgan fingerprint density at radius 1 is 1.24 bits per heavy atom. The number of amides is 2. The van der Waals surface area contributed by atoms with Crippen molar-refractivity contribution >= 4 is 56.7 Å². The van der Waals surface area contributed by atoms with Crippen LogP contribution < -0.4 is 10.1 Å². The van der Waals surface area contributed by atoms with E-state index >= 15 is 0 Å². The number of carbonyl (C=O) groups is 3. The van der Waals surface area contributed by atoms with Crippen LogP contribution in [-0.4, -0.2) is 28.1 Å². The molecule has 0 fully saturated rings. The molecule has 2 aromatic carbocycles. The van der Waals surface area contributed by atoms with Crippen LogP contribution in [0.25, 0.3) is 6.08 Å². The number of amidine groups is 1. The second-order valence-corrected chi connectivity index (χ2v) is 7.93. The van der Waals surface area contributed by atoms with Gasteiger partial charge in [0, 0.05) is 17.0 Å². The van der Waals surface area contributed by atoms with Crippen molar-refractivity contribution in [2.75, 3.05) is 0 Å². The molecule has 9 heteroatoms. The number of hydrogen-bond donors (Lipinski definition) is 2. The van der Waals surface area contributed by atoms with Crippen LogP contribution in [0.15, 0.2) is 56.8 Å². The molecule has 1 aliphatic rings. The van der Waals surface area contributed by atoms with Crippen LogP contribution in [0.4, 0.5) is 0 Å². The van der Waals surface area contributed by atoms with Gasteiger partial charge in [0.1, 0.15) is 12.4 Å². The predicted molar refractivity (Wildman–Crippen MR) is 114 cm³/mol. The first-order valence-corrected chi connectivity index (χ1v) is 9.97. The van der Waals surface area contributed by atoms with Gasteiger partial charge in [-0.1, -0.05) is 28.1 Å². The highest BCUT2D eigenvalue weighted by Gasteiger charge is 2.23. The molecule has 2 N–H and O–H groups in total. The zero-order chi connectivity index (χ0) is 21.0. The average molecular weight is 475 g/mol. The lowest BCUT2D eigenvalue weighted by atomic mass is 10.1. The highest BCUT2D eigenvalue weighted by molar-refractivity contribution is 9.10. The third-order valence-corrected chi connectivity index (χ3v) is 5.15. The van der Waals surface area contributed by atoms with E-state index in [1.54, 1.807) is 30.3 Å². The second-order valence-electron chi connectivity index (χ2n) is 5.99. The Morgan fingerprint density at radius 2 is 1.97 bits per heavy atom. The number of ether oxygens (including phenoxy) is 1. The van der Waals surface area contributed by atoms with Crippen molar-refractivity contribution in [2.45, 2.75) is 13.5 Å². The summed E-state index contributed by atoms with van der Waals surface area (Å²) in [6.45, 7) is 1.57. The Kier molecular flexibility index (Phi) is 6.50. The zero-order valence-corrected chi connectivity index (χ0v) is 17.5. The molecule has 148 valence electrons. The van der Waals surface area contributed by atoms with Gasteiger partial charge in [-0.25, -0.2) is 4.79 Å². The topological polar surface area (TPSA) is 105 Å². The van der Waals surface area contributed by atoms with Gasteiger partial charge in [0.2, 0.25) is 5.91 Å². The first-order chi connectivity index (χ1) is 13.8. The summed E-state index contributed by atoms with van der Waals surface area (Å²) in [5.41, 5.74) is 1.67. The van der Waals surface area contributed by atoms with Gasteiger partial charge in [0.05, 0.1) is 10.5 Å². The van der Waals surface area contributed by atoms with Crippen LogP contribution in [0, 0.1) is 0 Å². The molecule has 0 bridgehead atoms. The number of nitrogens with zero attached hydrogens (tertiary/aromatic N) is 1. The highest BCUT2D eigenvalue weighted by atomic mass is 79.9. The third-order valence-electron chi connectivity index (χ3n) is 3.76. The van der Waals surface area contributed by atoms with E-state index in [9.17, 15) is 14.4 Å². The van der Waals surface area contributed by atoms with E-state index in [1.165, 1.54) is 19.1 Å². The number of carboxylic acid groups (broad SMARTS) is 1. The summed E-state index contributed by atoms with van der Waals surface area (Å²) in [6, 6.07) is 11.8. The number of aromatic carboxylic acids is 1. The number of carbonyl (C=O) groups excluding carboxylic acids is 2. The molecular weight excluding hydrogens is 460 g/mol. The molecule has 0 spiro atoms. The molecule has 1 heterocycles. The Hall–Kier alpha value is -2.91. The van der Waals surface area contributed by atoms with Gasteiger partial charge in [0.15, 0.2) is 5.17 Å². The molecule has 0 radical (unpaired) electrons. The number of nitrogens with one attached hydrogen (secondary N) is 1. The SMILES string of the molecule is CC(=O)NC1=NC(=O)C(=Cc2cc(Br)ccc2OCc2ccc(C(=O)O)cc2)S1. The largest absolute Gasteiger partial charge is 0.488 e. The lowest BCUT2D eigenvalue weighted by molar-refractivity contribution is -0.117. The molecule has 7 nitrogen and oxygen atoms in total. The molecule has 2 amide bonds. The maximum Gasteiger partial charge on any atom is 0.335 e. The van der Waals surface area contributed by atoms with E-state index in [1.807, 2.05) is 6.07 Å². The van der Waals surface area contributed by atoms with Gasteiger partial charge >= 0.3 is 5.97 Å². The molecule has 0 unspecified atom stereocenters. The van der Waals surface area contributed by atoms with Crippen molar-refractivity contribution < 1.29 is 24.2 Å². The molecule has 0 saturated carbocycles. The van der Waals surface area contributed by atoms with Crippen LogP contribution in [0.2, 0.25) is 0 Å². The first-order valence-electron chi connectivity index (χ1n) is 8.36. The van der Waals surface area contributed by atoms with Crippen molar-refractivity contribution in [1.82, 2.24) is 5.32 Å². The van der Waals surface area contributed by atoms with Gasteiger partial charge in [-0.05, 0) is 53.7 Å². The molecule has 0 aliphatic carbocycles. The van der Waals surface area contributed by atoms with Crippen LogP contribution in [0.3, 0.4) is 0 Å². The summed E-state index contributed by atoms with van der Waals surface area (Å²) in [5.74, 6) is -1.18. The van der Waals surface area contributed by atoms with Crippen LogP contribution >= 0.6 is 27.7 Å². The fraction of sp³-hybridized carbons (Fsp3) is 0.100. The minimum atomic E-state index is -0.987.